The first kappa shape index (κ1) is 7.06. The van der Waals surface area contributed by atoms with Crippen LogP contribution in [-0.4, -0.2) is 10.6 Å². The maximum Gasteiger partial charge on any atom is 0.0623 e. The Morgan fingerprint density at radius 3 is 2.40 bits per heavy atom. The summed E-state index contributed by atoms with van der Waals surface area (Å²) in [6.07, 6.45) is 2.75. The molecule has 0 radical (unpaired) electrons. The normalized spacial score (nSPS) is 51.6. The van der Waals surface area contributed by atoms with Crippen molar-refractivity contribution in [3.63, 3.8) is 0 Å². The van der Waals surface area contributed by atoms with Crippen LogP contribution in [0.5, 0.6) is 0 Å². The van der Waals surface area contributed by atoms with Crippen LogP contribution >= 0.6 is 8.58 Å². The van der Waals surface area contributed by atoms with E-state index in [4.69, 9.17) is 0 Å². The second-order valence-corrected chi connectivity index (χ2v) is 5.76. The van der Waals surface area contributed by atoms with Gasteiger partial charge < -0.3 is 0 Å². The maximum atomic E-state index is 3.63. The number of rotatable bonds is 3. The van der Waals surface area contributed by atoms with E-state index >= 15 is 0 Å². The smallest absolute Gasteiger partial charge is 0.0623 e. The van der Waals surface area contributed by atoms with E-state index in [1.165, 1.54) is 21.4 Å². The van der Waals surface area contributed by atoms with Gasteiger partial charge in [-0.2, -0.15) is 0 Å². The molecule has 0 aromatic carbocycles. The minimum Gasteiger partial charge on any atom is -0.294 e. The van der Waals surface area contributed by atoms with Crippen LogP contribution in [0, 0.1) is 5.92 Å². The predicted octanol–water partition coefficient (Wildman–Crippen LogP) is 2.13. The molecule has 2 aliphatic rings. The molecule has 0 aromatic heterocycles. The zero-order chi connectivity index (χ0) is 7.41. The predicted molar refractivity (Wildman–Crippen MR) is 46.7 cm³/mol. The molecule has 0 aromatic rings. The average molecular weight is 157 g/mol. The highest BCUT2D eigenvalue weighted by Gasteiger charge is 2.83. The monoisotopic (exact) mass is 157 g/mol. The third kappa shape index (κ3) is 0.611. The zero-order valence-corrected chi connectivity index (χ0v) is 7.99. The number of hydrogen-bond acceptors (Lipinski definition) is 1. The fourth-order valence-corrected chi connectivity index (χ4v) is 4.13. The Labute approximate surface area is 64.7 Å². The van der Waals surface area contributed by atoms with Crippen LogP contribution in [0.4, 0.5) is 0 Å². The fourth-order valence-electron chi connectivity index (χ4n) is 2.09. The third-order valence-corrected chi connectivity index (χ3v) is 5.33. The third-order valence-electron chi connectivity index (χ3n) is 2.86. The quantitative estimate of drug-likeness (QED) is 0.492. The molecule has 3 atom stereocenters. The summed E-state index contributed by atoms with van der Waals surface area (Å²) in [5.74, 6) is 0.859. The lowest BCUT2D eigenvalue weighted by Crippen LogP contribution is -2.10. The van der Waals surface area contributed by atoms with Crippen molar-refractivity contribution >= 4 is 8.58 Å². The van der Waals surface area contributed by atoms with Crippen molar-refractivity contribution in [1.82, 2.24) is 5.32 Å². The van der Waals surface area contributed by atoms with E-state index in [2.05, 4.69) is 26.1 Å². The lowest BCUT2D eigenvalue weighted by Gasteiger charge is -2.04. The summed E-state index contributed by atoms with van der Waals surface area (Å²) in [6.45, 7) is 6.96. The van der Waals surface area contributed by atoms with Gasteiger partial charge in [-0.1, -0.05) is 35.8 Å². The summed E-state index contributed by atoms with van der Waals surface area (Å²) in [5.41, 5.74) is 0. The van der Waals surface area contributed by atoms with Crippen LogP contribution in [0.2, 0.25) is 0 Å². The molecule has 2 heteroatoms. The van der Waals surface area contributed by atoms with Gasteiger partial charge in [0, 0.05) is 0 Å². The molecular weight excluding hydrogens is 141 g/mol. The van der Waals surface area contributed by atoms with Gasteiger partial charge in [-0.15, -0.1) is 0 Å². The molecule has 0 spiro atoms. The Bertz CT molecular complexity index is 159. The van der Waals surface area contributed by atoms with Gasteiger partial charge in [-0.3, -0.25) is 5.32 Å². The molecule has 2 fully saturated rings. The van der Waals surface area contributed by atoms with E-state index in [9.17, 15) is 0 Å². The van der Waals surface area contributed by atoms with Gasteiger partial charge in [-0.05, 0) is 12.3 Å². The van der Waals surface area contributed by atoms with Gasteiger partial charge in [0.15, 0.2) is 0 Å². The van der Waals surface area contributed by atoms with Crippen molar-refractivity contribution in [3.05, 3.63) is 0 Å². The molecule has 1 N–H and O–H groups in total. The second kappa shape index (κ2) is 1.76. The van der Waals surface area contributed by atoms with Crippen molar-refractivity contribution in [2.45, 2.75) is 44.2 Å². The molecule has 2 heterocycles. The van der Waals surface area contributed by atoms with Gasteiger partial charge >= 0.3 is 0 Å². The van der Waals surface area contributed by atoms with Crippen molar-refractivity contribution in [1.29, 1.82) is 0 Å². The van der Waals surface area contributed by atoms with E-state index in [0.717, 1.165) is 5.92 Å². The van der Waals surface area contributed by atoms with E-state index in [1.807, 2.05) is 0 Å². The molecular formula is C8H16NP. The lowest BCUT2D eigenvalue weighted by molar-refractivity contribution is 0.594. The van der Waals surface area contributed by atoms with Crippen LogP contribution < -0.4 is 5.32 Å². The highest BCUT2D eigenvalue weighted by Crippen LogP contribution is 2.84. The van der Waals surface area contributed by atoms with Crippen LogP contribution in [0.3, 0.4) is 0 Å². The Balaban J connectivity index is 1.95. The summed E-state index contributed by atoms with van der Waals surface area (Å²) >= 11 is 0. The molecule has 0 aliphatic carbocycles. The summed E-state index contributed by atoms with van der Waals surface area (Å²) in [6, 6.07) is 0. The number of hydrogen-bond donors (Lipinski definition) is 1. The van der Waals surface area contributed by atoms with E-state index < -0.39 is 0 Å². The molecule has 10 heavy (non-hydrogen) atoms. The summed E-state index contributed by atoms with van der Waals surface area (Å²) in [5, 5.41) is 4.94. The molecule has 0 amide bonds. The van der Waals surface area contributed by atoms with E-state index in [0.29, 0.717) is 10.6 Å². The standard InChI is InChI=1S/C8H16NP/c1-4-5-7-8(9-7,10-7)6(2)3/h6,9-10H,4-5H2,1-3H3. The topological polar surface area (TPSA) is 21.9 Å². The molecule has 0 saturated carbocycles. The first-order valence-electron chi connectivity index (χ1n) is 4.25. The zero-order valence-electron chi connectivity index (χ0n) is 6.99. The van der Waals surface area contributed by atoms with E-state index in [-0.39, 0.29) is 0 Å². The minimum atomic E-state index is 0.642. The first-order valence-corrected chi connectivity index (χ1v) is 5.25. The molecule has 2 aliphatic heterocycles. The van der Waals surface area contributed by atoms with Gasteiger partial charge in [0.05, 0.1) is 10.6 Å². The largest absolute Gasteiger partial charge is 0.294 e. The Morgan fingerprint density at radius 1 is 1.50 bits per heavy atom. The van der Waals surface area contributed by atoms with Gasteiger partial charge in [-0.25, -0.2) is 0 Å². The van der Waals surface area contributed by atoms with Gasteiger partial charge in [0.1, 0.15) is 0 Å². The van der Waals surface area contributed by atoms with Gasteiger partial charge in [0.2, 0.25) is 0 Å². The Kier molecular flexibility index (Phi) is 1.24. The van der Waals surface area contributed by atoms with Crippen molar-refractivity contribution in [2.24, 2.45) is 5.92 Å². The lowest BCUT2D eigenvalue weighted by atomic mass is 10.1. The minimum absolute atomic E-state index is 0.642. The number of fused-ring (bicyclic) bond motifs is 1. The molecule has 0 bridgehead atoms. The maximum absolute atomic E-state index is 3.63. The van der Waals surface area contributed by atoms with Crippen LogP contribution in [-0.2, 0) is 0 Å². The average Bonchev–Trinajstić information content (AvgIpc) is 2.51. The molecule has 58 valence electrons. The summed E-state index contributed by atoms with van der Waals surface area (Å²) < 4.78 is 0. The van der Waals surface area contributed by atoms with Crippen molar-refractivity contribution < 1.29 is 0 Å². The van der Waals surface area contributed by atoms with Crippen LogP contribution in [0.25, 0.3) is 0 Å². The van der Waals surface area contributed by atoms with Crippen molar-refractivity contribution in [2.75, 3.05) is 0 Å². The van der Waals surface area contributed by atoms with Crippen LogP contribution in [0.1, 0.15) is 33.6 Å². The number of nitrogens with one attached hydrogen (secondary N) is 1. The summed E-state index contributed by atoms with van der Waals surface area (Å²) in [4.78, 5) is 0. The molecule has 2 rings (SSSR count). The highest BCUT2D eigenvalue weighted by atomic mass is 31.1. The van der Waals surface area contributed by atoms with E-state index in [1.54, 1.807) is 0 Å². The molecule has 2 saturated heterocycles. The summed E-state index contributed by atoms with van der Waals surface area (Å²) in [7, 11) is 1.22. The Hall–Kier alpha value is 0.390. The SMILES string of the molecule is CCCC12NC1(C(C)C)P2. The van der Waals surface area contributed by atoms with Crippen molar-refractivity contribution in [3.8, 4) is 0 Å². The molecule has 3 unspecified atom stereocenters. The Morgan fingerprint density at radius 2 is 2.10 bits per heavy atom. The molecule has 1 nitrogen and oxygen atoms in total. The second-order valence-electron chi connectivity index (χ2n) is 3.87. The fraction of sp³-hybridized carbons (Fsp3) is 1.00. The first-order chi connectivity index (χ1) is 4.67. The highest BCUT2D eigenvalue weighted by molar-refractivity contribution is 7.54. The van der Waals surface area contributed by atoms with Crippen LogP contribution in [0.15, 0.2) is 0 Å². The van der Waals surface area contributed by atoms with Gasteiger partial charge in [0.25, 0.3) is 0 Å².